The van der Waals surface area contributed by atoms with Crippen LogP contribution in [0.4, 0.5) is 0 Å². The van der Waals surface area contributed by atoms with E-state index in [1.165, 1.54) is 41.3 Å². The molecule has 0 saturated carbocycles. The van der Waals surface area contributed by atoms with E-state index in [4.69, 9.17) is 4.74 Å². The van der Waals surface area contributed by atoms with Gasteiger partial charge >= 0.3 is 5.97 Å². The second kappa shape index (κ2) is 6.54. The zero-order valence-electron chi connectivity index (χ0n) is 15.5. The summed E-state index contributed by atoms with van der Waals surface area (Å²) in [5.41, 5.74) is 6.49. The van der Waals surface area contributed by atoms with Crippen molar-refractivity contribution >= 4 is 16.9 Å². The fourth-order valence-corrected chi connectivity index (χ4v) is 5.02. The second-order valence-corrected chi connectivity index (χ2v) is 7.68. The highest BCUT2D eigenvalue weighted by molar-refractivity contribution is 5.87. The molecule has 4 heteroatoms. The molecule has 1 aliphatic heterocycles. The predicted molar refractivity (Wildman–Crippen MR) is 106 cm³/mol. The Kier molecular flexibility index (Phi) is 4.01. The second-order valence-electron chi connectivity index (χ2n) is 7.68. The van der Waals surface area contributed by atoms with Gasteiger partial charge in [-0.3, -0.25) is 10.1 Å². The van der Waals surface area contributed by atoms with Crippen molar-refractivity contribution in [3.8, 4) is 0 Å². The Hall–Kier alpha value is -2.59. The van der Waals surface area contributed by atoms with Gasteiger partial charge in [-0.2, -0.15) is 0 Å². The van der Waals surface area contributed by atoms with Crippen LogP contribution in [0.25, 0.3) is 10.9 Å². The number of hydrogen-bond acceptors (Lipinski definition) is 3. The van der Waals surface area contributed by atoms with Crippen molar-refractivity contribution in [1.29, 1.82) is 0 Å². The topological polar surface area (TPSA) is 54.1 Å². The third-order valence-corrected chi connectivity index (χ3v) is 6.25. The highest BCUT2D eigenvalue weighted by Crippen LogP contribution is 2.44. The Bertz CT molecular complexity index is 1010. The molecule has 2 heterocycles. The van der Waals surface area contributed by atoms with E-state index in [1.54, 1.807) is 0 Å². The number of aromatic amines is 1. The molecule has 3 unspecified atom stereocenters. The number of esters is 1. The monoisotopic (exact) mass is 360 g/mol. The van der Waals surface area contributed by atoms with Crippen LogP contribution in [0.1, 0.15) is 47.2 Å². The molecule has 3 atom stereocenters. The van der Waals surface area contributed by atoms with E-state index in [0.717, 1.165) is 18.4 Å². The number of rotatable bonds is 2. The van der Waals surface area contributed by atoms with E-state index >= 15 is 0 Å². The fourth-order valence-electron chi connectivity index (χ4n) is 5.02. The van der Waals surface area contributed by atoms with E-state index < -0.39 is 0 Å². The lowest BCUT2D eigenvalue weighted by Crippen LogP contribution is -2.47. The van der Waals surface area contributed by atoms with Crippen LogP contribution in [0, 0.1) is 0 Å². The first-order valence-corrected chi connectivity index (χ1v) is 9.77. The standard InChI is InChI=1S/C23H24N2O2/c1-27-23(26)20-13-18-16-10-4-5-12-19(16)24-22(18)21(25-20)17-11-6-8-14-7-2-3-9-15(14)17/h2-5,7,9-10,12,17,20-21,24-25H,6,8,11,13H2,1H3. The highest BCUT2D eigenvalue weighted by Gasteiger charge is 2.39. The number of hydrogen-bond donors (Lipinski definition) is 2. The van der Waals surface area contributed by atoms with Gasteiger partial charge in [0.15, 0.2) is 0 Å². The Labute approximate surface area is 158 Å². The third kappa shape index (κ3) is 2.67. The summed E-state index contributed by atoms with van der Waals surface area (Å²) in [7, 11) is 1.47. The van der Waals surface area contributed by atoms with Gasteiger partial charge in [-0.15, -0.1) is 0 Å². The van der Waals surface area contributed by atoms with Crippen LogP contribution in [0.5, 0.6) is 0 Å². The first kappa shape index (κ1) is 16.6. The van der Waals surface area contributed by atoms with E-state index in [2.05, 4.69) is 58.8 Å². The number of aromatic nitrogens is 1. The average Bonchev–Trinajstić information content (AvgIpc) is 3.11. The first-order chi connectivity index (χ1) is 13.3. The molecule has 0 saturated heterocycles. The van der Waals surface area contributed by atoms with Crippen LogP contribution in [-0.2, 0) is 22.4 Å². The average molecular weight is 360 g/mol. The number of nitrogens with one attached hydrogen (secondary N) is 2. The van der Waals surface area contributed by atoms with Gasteiger partial charge in [-0.25, -0.2) is 0 Å². The highest BCUT2D eigenvalue weighted by atomic mass is 16.5. The molecule has 5 rings (SSSR count). The van der Waals surface area contributed by atoms with Crippen molar-refractivity contribution in [2.75, 3.05) is 7.11 Å². The molecule has 27 heavy (non-hydrogen) atoms. The summed E-state index contributed by atoms with van der Waals surface area (Å²) in [6.07, 6.45) is 4.10. The molecule has 0 bridgehead atoms. The molecule has 0 spiro atoms. The van der Waals surface area contributed by atoms with Gasteiger partial charge in [0.1, 0.15) is 6.04 Å². The molecule has 3 aromatic rings. The largest absolute Gasteiger partial charge is 0.468 e. The van der Waals surface area contributed by atoms with Crippen LogP contribution in [-0.4, -0.2) is 24.1 Å². The van der Waals surface area contributed by atoms with Gasteiger partial charge in [0.05, 0.1) is 13.2 Å². The lowest BCUT2D eigenvalue weighted by Gasteiger charge is -2.38. The molecule has 2 aliphatic rings. The summed E-state index contributed by atoms with van der Waals surface area (Å²) in [6, 6.07) is 16.9. The SMILES string of the molecule is COC(=O)C1Cc2c([nH]c3ccccc23)C(C2CCCc3ccccc32)N1. The van der Waals surface area contributed by atoms with Crippen molar-refractivity contribution in [1.82, 2.24) is 10.3 Å². The van der Waals surface area contributed by atoms with Crippen LogP contribution < -0.4 is 5.32 Å². The molecule has 1 aromatic heterocycles. The number of fused-ring (bicyclic) bond motifs is 4. The lowest BCUT2D eigenvalue weighted by atomic mass is 9.75. The molecule has 0 amide bonds. The van der Waals surface area contributed by atoms with Crippen molar-refractivity contribution < 1.29 is 9.53 Å². The lowest BCUT2D eigenvalue weighted by molar-refractivity contribution is -0.143. The van der Waals surface area contributed by atoms with E-state index in [1.807, 2.05) is 0 Å². The third-order valence-electron chi connectivity index (χ3n) is 6.25. The summed E-state index contributed by atoms with van der Waals surface area (Å²) in [5, 5.41) is 4.85. The van der Waals surface area contributed by atoms with Crippen LogP contribution in [0.15, 0.2) is 48.5 Å². The Morgan fingerprint density at radius 1 is 1.11 bits per heavy atom. The molecule has 1 aliphatic carbocycles. The first-order valence-electron chi connectivity index (χ1n) is 9.77. The molecular weight excluding hydrogens is 336 g/mol. The summed E-state index contributed by atoms with van der Waals surface area (Å²) in [6.45, 7) is 0. The zero-order chi connectivity index (χ0) is 18.4. The van der Waals surface area contributed by atoms with Crippen molar-refractivity contribution in [2.24, 2.45) is 0 Å². The molecule has 0 radical (unpaired) electrons. The number of benzene rings is 2. The summed E-state index contributed by atoms with van der Waals surface area (Å²) >= 11 is 0. The molecular formula is C23H24N2O2. The molecule has 0 fully saturated rings. The number of methoxy groups -OCH3 is 1. The van der Waals surface area contributed by atoms with E-state index in [-0.39, 0.29) is 18.1 Å². The number of H-pyrrole nitrogens is 1. The number of para-hydroxylation sites is 1. The molecule has 2 aromatic carbocycles. The maximum Gasteiger partial charge on any atom is 0.323 e. The maximum absolute atomic E-state index is 12.4. The van der Waals surface area contributed by atoms with Crippen LogP contribution in [0.2, 0.25) is 0 Å². The minimum Gasteiger partial charge on any atom is -0.468 e. The Balaban J connectivity index is 1.65. The Morgan fingerprint density at radius 3 is 2.81 bits per heavy atom. The minimum atomic E-state index is -0.305. The number of ether oxygens (including phenoxy) is 1. The van der Waals surface area contributed by atoms with E-state index in [9.17, 15) is 4.79 Å². The minimum absolute atomic E-state index is 0.0895. The van der Waals surface area contributed by atoms with Crippen LogP contribution >= 0.6 is 0 Å². The fraction of sp³-hybridized carbons (Fsp3) is 0.348. The number of carbonyl (C=O) groups excluding carboxylic acids is 1. The number of aryl methyl sites for hydroxylation is 1. The molecule has 4 nitrogen and oxygen atoms in total. The molecule has 2 N–H and O–H groups in total. The van der Waals surface area contributed by atoms with Gasteiger partial charge in [0, 0.05) is 28.9 Å². The Morgan fingerprint density at radius 2 is 1.93 bits per heavy atom. The van der Waals surface area contributed by atoms with Crippen molar-refractivity contribution in [3.63, 3.8) is 0 Å². The smallest absolute Gasteiger partial charge is 0.323 e. The number of carbonyl (C=O) groups is 1. The molecule has 138 valence electrons. The maximum atomic E-state index is 12.4. The predicted octanol–water partition coefficient (Wildman–Crippen LogP) is 4.02. The van der Waals surface area contributed by atoms with Gasteiger partial charge in [-0.1, -0.05) is 42.5 Å². The normalized spacial score (nSPS) is 24.3. The van der Waals surface area contributed by atoms with Gasteiger partial charge < -0.3 is 9.72 Å². The summed E-state index contributed by atoms with van der Waals surface area (Å²) in [5.74, 6) is 0.175. The van der Waals surface area contributed by atoms with Crippen molar-refractivity contribution in [3.05, 3.63) is 70.9 Å². The zero-order valence-corrected chi connectivity index (χ0v) is 15.5. The quantitative estimate of drug-likeness (QED) is 0.679. The summed E-state index contributed by atoms with van der Waals surface area (Å²) < 4.78 is 5.09. The summed E-state index contributed by atoms with van der Waals surface area (Å²) in [4.78, 5) is 16.1. The van der Waals surface area contributed by atoms with Gasteiger partial charge in [0.25, 0.3) is 0 Å². The van der Waals surface area contributed by atoms with Crippen LogP contribution in [0.3, 0.4) is 0 Å². The van der Waals surface area contributed by atoms with Gasteiger partial charge in [0.2, 0.25) is 0 Å². The van der Waals surface area contributed by atoms with Gasteiger partial charge in [-0.05, 0) is 42.0 Å². The van der Waals surface area contributed by atoms with Crippen molar-refractivity contribution in [2.45, 2.75) is 43.7 Å². The van der Waals surface area contributed by atoms with E-state index in [0.29, 0.717) is 12.3 Å².